The van der Waals surface area contributed by atoms with Gasteiger partial charge in [-0.3, -0.25) is 0 Å². The van der Waals surface area contributed by atoms with E-state index >= 15 is 0 Å². The van der Waals surface area contributed by atoms with Crippen LogP contribution in [0, 0.1) is 0 Å². The maximum atomic E-state index is 5.33. The first-order valence-corrected chi connectivity index (χ1v) is 21.0. The Labute approximate surface area is 350 Å². The molecule has 12 rings (SSSR count). The highest BCUT2D eigenvalue weighted by atomic mass is 32.1. The van der Waals surface area contributed by atoms with Crippen LogP contribution < -0.4 is 0 Å². The molecule has 4 nitrogen and oxygen atoms in total. The van der Waals surface area contributed by atoms with E-state index in [-0.39, 0.29) is 0 Å². The van der Waals surface area contributed by atoms with Crippen molar-refractivity contribution in [2.24, 2.45) is 0 Å². The molecule has 0 aliphatic heterocycles. The first-order valence-electron chi connectivity index (χ1n) is 20.2. The molecule has 3 aromatic heterocycles. The van der Waals surface area contributed by atoms with E-state index in [1.165, 1.54) is 41.7 Å². The van der Waals surface area contributed by atoms with Crippen LogP contribution in [-0.4, -0.2) is 19.5 Å². The maximum absolute atomic E-state index is 5.33. The minimum absolute atomic E-state index is 0.615. The molecular formula is C55H34N4S. The Kier molecular flexibility index (Phi) is 8.00. The fourth-order valence-corrected chi connectivity index (χ4v) is 9.94. The molecule has 0 atom stereocenters. The molecule has 0 aliphatic carbocycles. The van der Waals surface area contributed by atoms with Crippen molar-refractivity contribution in [3.05, 3.63) is 206 Å². The zero-order valence-corrected chi connectivity index (χ0v) is 33.1. The van der Waals surface area contributed by atoms with Crippen LogP contribution in [0.1, 0.15) is 0 Å². The standard InChI is InChI=1S/C55H34N4S/c1-4-16-35(17-5-1)45-31-41(55-57-53(37-20-8-3-9-21-37)56-54(58-55)40-28-29-44-43-25-13-15-27-50(43)60-51(44)34-40)32-46(36-18-6-2-7-19-36)52(45)59-48-26-14-12-24-42(48)47-30-38-22-10-11-23-39(38)33-49(47)59/h1-34H. The summed E-state index contributed by atoms with van der Waals surface area (Å²) in [5.41, 5.74) is 10.6. The molecule has 0 saturated carbocycles. The average molecular weight is 783 g/mol. The number of para-hydroxylation sites is 1. The molecule has 0 amide bonds. The zero-order valence-electron chi connectivity index (χ0n) is 32.3. The highest BCUT2D eigenvalue weighted by Crippen LogP contribution is 2.45. The molecule has 0 N–H and O–H groups in total. The number of rotatable bonds is 6. The van der Waals surface area contributed by atoms with Gasteiger partial charge in [-0.15, -0.1) is 11.3 Å². The van der Waals surface area contributed by atoms with Gasteiger partial charge in [0.2, 0.25) is 0 Å². The second-order valence-corrected chi connectivity index (χ2v) is 16.3. The summed E-state index contributed by atoms with van der Waals surface area (Å²) in [6.45, 7) is 0. The topological polar surface area (TPSA) is 43.6 Å². The number of nitrogens with zero attached hydrogens (tertiary/aromatic N) is 4. The van der Waals surface area contributed by atoms with Crippen LogP contribution in [-0.2, 0) is 0 Å². The van der Waals surface area contributed by atoms with Crippen LogP contribution in [0.15, 0.2) is 206 Å². The summed E-state index contributed by atoms with van der Waals surface area (Å²) in [6, 6.07) is 73.5. The number of fused-ring (bicyclic) bond motifs is 7. The van der Waals surface area contributed by atoms with Crippen molar-refractivity contribution in [3.8, 4) is 62.1 Å². The molecule has 12 aromatic rings. The molecule has 9 aromatic carbocycles. The molecule has 0 fully saturated rings. The van der Waals surface area contributed by atoms with Crippen molar-refractivity contribution < 1.29 is 0 Å². The minimum atomic E-state index is 0.615. The lowest BCUT2D eigenvalue weighted by Gasteiger charge is -2.21. The Morgan fingerprint density at radius 2 is 0.833 bits per heavy atom. The summed E-state index contributed by atoms with van der Waals surface area (Å²) < 4.78 is 4.95. The van der Waals surface area contributed by atoms with Crippen molar-refractivity contribution in [3.63, 3.8) is 0 Å². The van der Waals surface area contributed by atoms with Crippen molar-refractivity contribution in [1.29, 1.82) is 0 Å². The van der Waals surface area contributed by atoms with Crippen molar-refractivity contribution >= 4 is 64.1 Å². The summed E-state index contributed by atoms with van der Waals surface area (Å²) >= 11 is 1.80. The van der Waals surface area contributed by atoms with Gasteiger partial charge in [0.1, 0.15) is 0 Å². The summed E-state index contributed by atoms with van der Waals surface area (Å²) in [5.74, 6) is 1.89. The largest absolute Gasteiger partial charge is 0.308 e. The predicted molar refractivity (Wildman–Crippen MR) is 252 cm³/mol. The quantitative estimate of drug-likeness (QED) is 0.169. The fourth-order valence-electron chi connectivity index (χ4n) is 8.79. The third kappa shape index (κ3) is 5.70. The van der Waals surface area contributed by atoms with Gasteiger partial charge in [0.25, 0.3) is 0 Å². The van der Waals surface area contributed by atoms with Crippen molar-refractivity contribution in [1.82, 2.24) is 19.5 Å². The highest BCUT2D eigenvalue weighted by Gasteiger charge is 2.23. The van der Waals surface area contributed by atoms with E-state index in [0.29, 0.717) is 17.5 Å². The Balaban J connectivity index is 1.16. The van der Waals surface area contributed by atoms with Crippen LogP contribution in [0.2, 0.25) is 0 Å². The van der Waals surface area contributed by atoms with Crippen LogP contribution in [0.5, 0.6) is 0 Å². The van der Waals surface area contributed by atoms with E-state index in [1.807, 2.05) is 18.2 Å². The molecular weight excluding hydrogens is 749 g/mol. The van der Waals surface area contributed by atoms with E-state index in [2.05, 4.69) is 193 Å². The lowest BCUT2D eigenvalue weighted by molar-refractivity contribution is 1.07. The summed E-state index contributed by atoms with van der Waals surface area (Å²) in [5, 5.41) is 7.37. The molecule has 5 heteroatoms. The van der Waals surface area contributed by atoms with E-state index in [9.17, 15) is 0 Å². The van der Waals surface area contributed by atoms with E-state index in [4.69, 9.17) is 15.0 Å². The summed E-state index contributed by atoms with van der Waals surface area (Å²) in [7, 11) is 0. The highest BCUT2D eigenvalue weighted by molar-refractivity contribution is 7.25. The second kappa shape index (κ2) is 14.0. The number of hydrogen-bond acceptors (Lipinski definition) is 4. The number of aromatic nitrogens is 4. The lowest BCUT2D eigenvalue weighted by atomic mass is 9.92. The van der Waals surface area contributed by atoms with Crippen LogP contribution in [0.3, 0.4) is 0 Å². The van der Waals surface area contributed by atoms with Gasteiger partial charge in [0.05, 0.1) is 16.7 Å². The zero-order chi connectivity index (χ0) is 39.6. The van der Waals surface area contributed by atoms with Gasteiger partial charge in [0, 0.05) is 58.8 Å². The van der Waals surface area contributed by atoms with Crippen LogP contribution in [0.25, 0.3) is 115 Å². The number of benzene rings is 9. The van der Waals surface area contributed by atoms with E-state index in [1.54, 1.807) is 11.3 Å². The van der Waals surface area contributed by atoms with Gasteiger partial charge in [0.15, 0.2) is 17.5 Å². The smallest absolute Gasteiger partial charge is 0.164 e. The van der Waals surface area contributed by atoms with Gasteiger partial charge >= 0.3 is 0 Å². The Bertz CT molecular complexity index is 3530. The van der Waals surface area contributed by atoms with Crippen molar-refractivity contribution in [2.45, 2.75) is 0 Å². The number of thiophene rings is 1. The third-order valence-electron chi connectivity index (χ3n) is 11.6. The molecule has 0 saturated heterocycles. The van der Waals surface area contributed by atoms with E-state index in [0.717, 1.165) is 55.7 Å². The molecule has 3 heterocycles. The maximum Gasteiger partial charge on any atom is 0.164 e. The Hall–Kier alpha value is -7.73. The number of hydrogen-bond donors (Lipinski definition) is 0. The molecule has 0 unspecified atom stereocenters. The van der Waals surface area contributed by atoms with Gasteiger partial charge in [-0.05, 0) is 64.4 Å². The van der Waals surface area contributed by atoms with Gasteiger partial charge in [-0.2, -0.15) is 0 Å². The summed E-state index contributed by atoms with van der Waals surface area (Å²) in [4.78, 5) is 15.7. The fraction of sp³-hybridized carbons (Fsp3) is 0. The Morgan fingerprint density at radius 1 is 0.317 bits per heavy atom. The molecule has 0 spiro atoms. The monoisotopic (exact) mass is 782 g/mol. The first kappa shape index (κ1) is 34.3. The van der Waals surface area contributed by atoms with Crippen molar-refractivity contribution in [2.75, 3.05) is 0 Å². The summed E-state index contributed by atoms with van der Waals surface area (Å²) in [6.07, 6.45) is 0. The Morgan fingerprint density at radius 3 is 1.52 bits per heavy atom. The minimum Gasteiger partial charge on any atom is -0.308 e. The van der Waals surface area contributed by atoms with E-state index < -0.39 is 0 Å². The first-order chi connectivity index (χ1) is 29.7. The van der Waals surface area contributed by atoms with Crippen LogP contribution in [0.4, 0.5) is 0 Å². The van der Waals surface area contributed by atoms with Gasteiger partial charge in [-0.25, -0.2) is 15.0 Å². The molecule has 0 bridgehead atoms. The average Bonchev–Trinajstić information content (AvgIpc) is 3.85. The lowest BCUT2D eigenvalue weighted by Crippen LogP contribution is -2.04. The van der Waals surface area contributed by atoms with Gasteiger partial charge < -0.3 is 4.57 Å². The van der Waals surface area contributed by atoms with Crippen LogP contribution >= 0.6 is 11.3 Å². The molecule has 0 radical (unpaired) electrons. The second-order valence-electron chi connectivity index (χ2n) is 15.2. The molecule has 0 aliphatic rings. The normalized spacial score (nSPS) is 11.7. The molecule has 60 heavy (non-hydrogen) atoms. The molecule has 280 valence electrons. The third-order valence-corrected chi connectivity index (χ3v) is 12.7. The SMILES string of the molecule is c1ccc(-c2nc(-c3cc(-c4ccccc4)c(-n4c5ccccc5c5cc6ccccc6cc54)c(-c4ccccc4)c3)nc(-c3ccc4c(c3)sc3ccccc34)n2)cc1. The predicted octanol–water partition coefficient (Wildman–Crippen LogP) is 14.8. The van der Waals surface area contributed by atoms with Gasteiger partial charge in [-0.1, -0.05) is 164 Å².